The number of fused-ring (bicyclic) bond motifs is 1. The lowest BCUT2D eigenvalue weighted by molar-refractivity contribution is -0.00604. The summed E-state index contributed by atoms with van der Waals surface area (Å²) in [4.78, 5) is 2.18. The van der Waals surface area contributed by atoms with Crippen LogP contribution < -0.4 is 0 Å². The minimum atomic E-state index is -0.822. The van der Waals surface area contributed by atoms with Gasteiger partial charge < -0.3 is 10.0 Å². The summed E-state index contributed by atoms with van der Waals surface area (Å²) in [6, 6.07) is 16.5. The van der Waals surface area contributed by atoms with Gasteiger partial charge in [0.05, 0.1) is 5.60 Å². The minimum absolute atomic E-state index is 0.107. The molecule has 2 atom stereocenters. The van der Waals surface area contributed by atoms with Crippen LogP contribution in [-0.4, -0.2) is 30.6 Å². The van der Waals surface area contributed by atoms with Gasteiger partial charge in [-0.15, -0.1) is 0 Å². The van der Waals surface area contributed by atoms with Crippen molar-refractivity contribution in [3.8, 4) is 0 Å². The molecule has 1 aliphatic carbocycles. The third-order valence-corrected chi connectivity index (χ3v) is 5.69. The van der Waals surface area contributed by atoms with E-state index in [0.717, 1.165) is 49.2 Å². The number of hydrogen-bond acceptors (Lipinski definition) is 2. The molecule has 3 rings (SSSR count). The number of aliphatic hydroxyl groups is 1. The predicted octanol–water partition coefficient (Wildman–Crippen LogP) is 4.99. The maximum atomic E-state index is 11.9. The summed E-state index contributed by atoms with van der Waals surface area (Å²) in [7, 11) is 4.17. The van der Waals surface area contributed by atoms with Crippen LogP contribution in [0.25, 0.3) is 0 Å². The highest BCUT2D eigenvalue weighted by molar-refractivity contribution is 6.30. The van der Waals surface area contributed by atoms with E-state index in [1.54, 1.807) is 0 Å². The second kappa shape index (κ2) is 7.90. The molecule has 25 heavy (non-hydrogen) atoms. The van der Waals surface area contributed by atoms with E-state index in [4.69, 9.17) is 11.6 Å². The molecule has 2 aromatic rings. The monoisotopic (exact) mass is 357 g/mol. The Labute approximate surface area is 156 Å². The van der Waals surface area contributed by atoms with Crippen molar-refractivity contribution in [2.75, 3.05) is 20.6 Å². The van der Waals surface area contributed by atoms with Crippen molar-refractivity contribution >= 4 is 11.6 Å². The molecule has 0 heterocycles. The first-order valence-corrected chi connectivity index (χ1v) is 9.59. The first-order chi connectivity index (χ1) is 12.0. The summed E-state index contributed by atoms with van der Waals surface area (Å²) in [6.45, 7) is 0.984. The van der Waals surface area contributed by atoms with E-state index in [9.17, 15) is 5.11 Å². The standard InChI is InChI=1S/C22H28ClNO/c1-24(2)16-6-15-22(25)20-9-4-3-7-17(20)8-5-10-21(22)18-11-13-19(23)14-12-18/h3-4,7,9,11-14,21,25H,5-6,8,10,15-16H2,1-2H3. The molecule has 0 saturated heterocycles. The van der Waals surface area contributed by atoms with Crippen LogP contribution in [0.5, 0.6) is 0 Å². The van der Waals surface area contributed by atoms with Crippen LogP contribution in [0.1, 0.15) is 48.3 Å². The van der Waals surface area contributed by atoms with E-state index >= 15 is 0 Å². The van der Waals surface area contributed by atoms with E-state index in [2.05, 4.69) is 55.4 Å². The van der Waals surface area contributed by atoms with Crippen molar-refractivity contribution in [3.63, 3.8) is 0 Å². The molecule has 0 saturated carbocycles. The average Bonchev–Trinajstić information content (AvgIpc) is 2.73. The maximum absolute atomic E-state index is 11.9. The second-order valence-corrected chi connectivity index (χ2v) is 7.92. The van der Waals surface area contributed by atoms with Gasteiger partial charge in [0.2, 0.25) is 0 Å². The molecule has 134 valence electrons. The lowest BCUT2D eigenvalue weighted by Crippen LogP contribution is -2.34. The molecule has 2 nitrogen and oxygen atoms in total. The Morgan fingerprint density at radius 3 is 2.56 bits per heavy atom. The van der Waals surface area contributed by atoms with Gasteiger partial charge in [-0.3, -0.25) is 0 Å². The van der Waals surface area contributed by atoms with Crippen molar-refractivity contribution in [2.24, 2.45) is 0 Å². The summed E-state index contributed by atoms with van der Waals surface area (Å²) in [5, 5.41) is 12.7. The second-order valence-electron chi connectivity index (χ2n) is 7.48. The lowest BCUT2D eigenvalue weighted by Gasteiger charge is -2.37. The van der Waals surface area contributed by atoms with E-state index in [0.29, 0.717) is 0 Å². The van der Waals surface area contributed by atoms with Crippen LogP contribution in [0.2, 0.25) is 5.02 Å². The van der Waals surface area contributed by atoms with Crippen LogP contribution >= 0.6 is 11.6 Å². The number of nitrogens with zero attached hydrogens (tertiary/aromatic N) is 1. The highest BCUT2D eigenvalue weighted by Crippen LogP contribution is 2.47. The van der Waals surface area contributed by atoms with Crippen LogP contribution in [0.4, 0.5) is 0 Å². The SMILES string of the molecule is CN(C)CCCC1(O)c2ccccc2CCCC1c1ccc(Cl)cc1. The molecule has 0 fully saturated rings. The summed E-state index contributed by atoms with van der Waals surface area (Å²) >= 11 is 6.09. The zero-order valence-corrected chi connectivity index (χ0v) is 16.0. The van der Waals surface area contributed by atoms with Crippen LogP contribution in [0, 0.1) is 0 Å². The van der Waals surface area contributed by atoms with E-state index < -0.39 is 5.60 Å². The fourth-order valence-electron chi connectivity index (χ4n) is 4.19. The van der Waals surface area contributed by atoms with Gasteiger partial charge in [-0.05, 0) is 81.6 Å². The zero-order chi connectivity index (χ0) is 17.9. The molecule has 3 heteroatoms. The van der Waals surface area contributed by atoms with Gasteiger partial charge in [0, 0.05) is 10.9 Å². The highest BCUT2D eigenvalue weighted by Gasteiger charge is 2.41. The van der Waals surface area contributed by atoms with Crippen molar-refractivity contribution in [3.05, 3.63) is 70.2 Å². The smallest absolute Gasteiger partial charge is 0.0967 e. The quantitative estimate of drug-likeness (QED) is 0.762. The Kier molecular flexibility index (Phi) is 5.83. The third-order valence-electron chi connectivity index (χ3n) is 5.43. The molecule has 0 spiro atoms. The predicted molar refractivity (Wildman–Crippen MR) is 105 cm³/mol. The number of aryl methyl sites for hydroxylation is 1. The first kappa shape index (κ1) is 18.4. The van der Waals surface area contributed by atoms with Crippen LogP contribution in [0.15, 0.2) is 48.5 Å². The average molecular weight is 358 g/mol. The molecule has 1 aliphatic rings. The largest absolute Gasteiger partial charge is 0.385 e. The Morgan fingerprint density at radius 1 is 1.12 bits per heavy atom. The molecule has 0 bridgehead atoms. The summed E-state index contributed by atoms with van der Waals surface area (Å²) in [5.41, 5.74) is 2.78. The summed E-state index contributed by atoms with van der Waals surface area (Å²) < 4.78 is 0. The zero-order valence-electron chi connectivity index (χ0n) is 15.2. The van der Waals surface area contributed by atoms with Crippen LogP contribution in [0.3, 0.4) is 0 Å². The molecule has 0 aliphatic heterocycles. The van der Waals surface area contributed by atoms with Gasteiger partial charge in [-0.1, -0.05) is 48.0 Å². The van der Waals surface area contributed by atoms with Gasteiger partial charge in [-0.25, -0.2) is 0 Å². The fourth-order valence-corrected chi connectivity index (χ4v) is 4.32. The summed E-state index contributed by atoms with van der Waals surface area (Å²) in [5.74, 6) is 0.107. The highest BCUT2D eigenvalue weighted by atomic mass is 35.5. The van der Waals surface area contributed by atoms with Crippen molar-refractivity contribution in [2.45, 2.75) is 43.6 Å². The number of rotatable bonds is 5. The molecular weight excluding hydrogens is 330 g/mol. The van der Waals surface area contributed by atoms with Gasteiger partial charge in [0.1, 0.15) is 0 Å². The van der Waals surface area contributed by atoms with E-state index in [1.807, 2.05) is 12.1 Å². The number of hydrogen-bond donors (Lipinski definition) is 1. The van der Waals surface area contributed by atoms with Crippen LogP contribution in [-0.2, 0) is 12.0 Å². The Hall–Kier alpha value is -1.35. The Balaban J connectivity index is 2.00. The lowest BCUT2D eigenvalue weighted by atomic mass is 9.73. The molecule has 2 aromatic carbocycles. The van der Waals surface area contributed by atoms with E-state index in [-0.39, 0.29) is 5.92 Å². The topological polar surface area (TPSA) is 23.5 Å². The fraction of sp³-hybridized carbons (Fsp3) is 0.455. The Bertz CT molecular complexity index is 697. The molecule has 0 radical (unpaired) electrons. The number of benzene rings is 2. The third kappa shape index (κ3) is 4.08. The van der Waals surface area contributed by atoms with Crippen molar-refractivity contribution in [1.82, 2.24) is 4.90 Å². The number of halogens is 1. The van der Waals surface area contributed by atoms with Gasteiger partial charge in [0.25, 0.3) is 0 Å². The van der Waals surface area contributed by atoms with Gasteiger partial charge in [0.15, 0.2) is 0 Å². The molecule has 2 unspecified atom stereocenters. The molecule has 0 aromatic heterocycles. The van der Waals surface area contributed by atoms with Crippen molar-refractivity contribution < 1.29 is 5.11 Å². The first-order valence-electron chi connectivity index (χ1n) is 9.21. The minimum Gasteiger partial charge on any atom is -0.385 e. The molecule has 0 amide bonds. The van der Waals surface area contributed by atoms with Crippen molar-refractivity contribution in [1.29, 1.82) is 0 Å². The normalized spacial score (nSPS) is 23.3. The van der Waals surface area contributed by atoms with E-state index in [1.165, 1.54) is 11.1 Å². The molecular formula is C22H28ClNO. The maximum Gasteiger partial charge on any atom is 0.0967 e. The Morgan fingerprint density at radius 2 is 1.84 bits per heavy atom. The molecule has 1 N–H and O–H groups in total. The van der Waals surface area contributed by atoms with Gasteiger partial charge >= 0.3 is 0 Å². The summed E-state index contributed by atoms with van der Waals surface area (Å²) in [6.07, 6.45) is 4.88. The van der Waals surface area contributed by atoms with Gasteiger partial charge in [-0.2, -0.15) is 0 Å².